The van der Waals surface area contributed by atoms with Gasteiger partial charge in [0.2, 0.25) is 0 Å². The van der Waals surface area contributed by atoms with E-state index in [0.29, 0.717) is 11.2 Å². The first-order valence-electron chi connectivity index (χ1n) is 9.64. The van der Waals surface area contributed by atoms with Crippen LogP contribution in [0.2, 0.25) is 0 Å². The van der Waals surface area contributed by atoms with E-state index >= 15 is 0 Å². The molecule has 2 heterocycles. The SMILES string of the molecule is N#Cc1ccc(Oc2ccc(/C=C3/SC(N4CC(C(=O)O)C4)=NC3=O)cc2F)c(C(F)(F)F)c1. The van der Waals surface area contributed by atoms with Gasteiger partial charge in [-0.3, -0.25) is 9.59 Å². The molecule has 1 saturated heterocycles. The van der Waals surface area contributed by atoms with Crippen LogP contribution >= 0.6 is 11.8 Å². The number of aliphatic carboxylic acids is 1. The molecule has 0 spiro atoms. The van der Waals surface area contributed by atoms with E-state index in [1.807, 2.05) is 0 Å². The number of thioether (sulfide) groups is 1. The van der Waals surface area contributed by atoms with Gasteiger partial charge < -0.3 is 14.7 Å². The molecule has 1 fully saturated rings. The van der Waals surface area contributed by atoms with E-state index < -0.39 is 46.9 Å². The minimum atomic E-state index is -4.82. The number of carboxylic acid groups (broad SMARTS) is 1. The van der Waals surface area contributed by atoms with E-state index in [-0.39, 0.29) is 29.1 Å². The predicted octanol–water partition coefficient (Wildman–Crippen LogP) is 4.50. The third-order valence-electron chi connectivity index (χ3n) is 5.00. The second-order valence-electron chi connectivity index (χ2n) is 7.36. The van der Waals surface area contributed by atoms with Gasteiger partial charge in [0, 0.05) is 13.1 Å². The van der Waals surface area contributed by atoms with Gasteiger partial charge in [0.15, 0.2) is 16.7 Å². The highest BCUT2D eigenvalue weighted by atomic mass is 32.2. The summed E-state index contributed by atoms with van der Waals surface area (Å²) in [4.78, 5) is 28.8. The summed E-state index contributed by atoms with van der Waals surface area (Å²) < 4.78 is 59.7. The number of likely N-dealkylation sites (tertiary alicyclic amines) is 1. The normalized spacial score (nSPS) is 17.4. The number of hydrogen-bond donors (Lipinski definition) is 1. The summed E-state index contributed by atoms with van der Waals surface area (Å²) in [5, 5.41) is 18.1. The molecular formula is C22H13F4N3O4S. The largest absolute Gasteiger partial charge is 0.481 e. The first-order chi connectivity index (χ1) is 16.0. The Morgan fingerprint density at radius 3 is 2.56 bits per heavy atom. The van der Waals surface area contributed by atoms with Crippen molar-refractivity contribution >= 4 is 34.9 Å². The van der Waals surface area contributed by atoms with Crippen LogP contribution in [0.3, 0.4) is 0 Å². The molecule has 12 heteroatoms. The van der Waals surface area contributed by atoms with Crippen LogP contribution in [0.4, 0.5) is 17.6 Å². The van der Waals surface area contributed by atoms with Crippen molar-refractivity contribution in [3.05, 3.63) is 63.8 Å². The molecular weight excluding hydrogens is 478 g/mol. The number of carbonyl (C=O) groups excluding carboxylic acids is 1. The van der Waals surface area contributed by atoms with E-state index in [0.717, 1.165) is 36.0 Å². The summed E-state index contributed by atoms with van der Waals surface area (Å²) in [5.74, 6) is -4.11. The van der Waals surface area contributed by atoms with Gasteiger partial charge in [-0.1, -0.05) is 6.07 Å². The van der Waals surface area contributed by atoms with Gasteiger partial charge in [0.1, 0.15) is 5.75 Å². The molecule has 0 radical (unpaired) electrons. The first kappa shape index (κ1) is 23.3. The number of aliphatic imine (C=N–C) groups is 1. The smallest absolute Gasteiger partial charge is 0.420 e. The van der Waals surface area contributed by atoms with Crippen LogP contribution < -0.4 is 4.74 Å². The van der Waals surface area contributed by atoms with Gasteiger partial charge in [-0.25, -0.2) is 4.39 Å². The molecule has 0 unspecified atom stereocenters. The van der Waals surface area contributed by atoms with Crippen molar-refractivity contribution < 1.29 is 37.0 Å². The molecule has 1 N–H and O–H groups in total. The number of alkyl halides is 3. The lowest BCUT2D eigenvalue weighted by atomic mass is 10.0. The van der Waals surface area contributed by atoms with Gasteiger partial charge in [0.25, 0.3) is 5.91 Å². The first-order valence-corrected chi connectivity index (χ1v) is 10.5. The Labute approximate surface area is 194 Å². The fourth-order valence-electron chi connectivity index (χ4n) is 3.19. The van der Waals surface area contributed by atoms with E-state index in [9.17, 15) is 27.2 Å². The minimum Gasteiger partial charge on any atom is -0.481 e. The quantitative estimate of drug-likeness (QED) is 0.496. The van der Waals surface area contributed by atoms with E-state index in [1.165, 1.54) is 12.1 Å². The molecule has 0 bridgehead atoms. The molecule has 0 aliphatic carbocycles. The average molecular weight is 491 g/mol. The van der Waals surface area contributed by atoms with Crippen molar-refractivity contribution in [1.29, 1.82) is 5.26 Å². The van der Waals surface area contributed by atoms with Crippen LogP contribution in [-0.4, -0.2) is 40.1 Å². The molecule has 0 aromatic heterocycles. The number of benzene rings is 2. The van der Waals surface area contributed by atoms with Gasteiger partial charge in [-0.05, 0) is 53.7 Å². The Balaban J connectivity index is 1.50. The zero-order valence-electron chi connectivity index (χ0n) is 17.0. The van der Waals surface area contributed by atoms with E-state index in [2.05, 4.69) is 4.99 Å². The third kappa shape index (κ3) is 4.74. The number of ether oxygens (including phenoxy) is 1. The summed E-state index contributed by atoms with van der Waals surface area (Å²) in [7, 11) is 0. The number of carboxylic acids is 1. The Hall–Kier alpha value is -3.85. The van der Waals surface area contributed by atoms with Gasteiger partial charge in [-0.2, -0.15) is 23.4 Å². The number of amidine groups is 1. The monoisotopic (exact) mass is 491 g/mol. The summed E-state index contributed by atoms with van der Waals surface area (Å²) in [5.41, 5.74) is -1.19. The number of rotatable bonds is 4. The van der Waals surface area contributed by atoms with Crippen LogP contribution in [-0.2, 0) is 15.8 Å². The lowest BCUT2D eigenvalue weighted by molar-refractivity contribution is -0.145. The highest BCUT2D eigenvalue weighted by molar-refractivity contribution is 8.18. The maximum Gasteiger partial charge on any atom is 0.420 e. The van der Waals surface area contributed by atoms with Crippen molar-refractivity contribution in [2.24, 2.45) is 10.9 Å². The Bertz CT molecular complexity index is 1290. The van der Waals surface area contributed by atoms with Gasteiger partial charge >= 0.3 is 12.1 Å². The number of nitriles is 1. The Morgan fingerprint density at radius 2 is 1.94 bits per heavy atom. The standard InChI is InChI=1S/C22H13F4N3O4S/c23-15-6-11(7-18-19(30)28-21(34-18)29-9-13(10-29)20(31)32)1-4-17(15)33-16-3-2-12(8-27)5-14(16)22(24,25)26/h1-7,13H,9-10H2,(H,31,32)/b18-7+. The second-order valence-corrected chi connectivity index (χ2v) is 8.37. The number of hydrogen-bond acceptors (Lipinski definition) is 6. The lowest BCUT2D eigenvalue weighted by Gasteiger charge is -2.37. The molecule has 2 aliphatic heterocycles. The molecule has 7 nitrogen and oxygen atoms in total. The van der Waals surface area contributed by atoms with E-state index in [1.54, 1.807) is 11.0 Å². The van der Waals surface area contributed by atoms with Crippen molar-refractivity contribution in [2.45, 2.75) is 6.18 Å². The predicted molar refractivity (Wildman–Crippen MR) is 113 cm³/mol. The molecule has 2 aromatic carbocycles. The van der Waals surface area contributed by atoms with Crippen LogP contribution in [0.25, 0.3) is 6.08 Å². The highest BCUT2D eigenvalue weighted by Crippen LogP contribution is 2.39. The minimum absolute atomic E-state index is 0.188. The van der Waals surface area contributed by atoms with Crippen LogP contribution in [0.1, 0.15) is 16.7 Å². The summed E-state index contributed by atoms with van der Waals surface area (Å²) >= 11 is 1.02. The molecule has 4 rings (SSSR count). The summed E-state index contributed by atoms with van der Waals surface area (Å²) in [6.45, 7) is 0.468. The number of amides is 1. The fourth-order valence-corrected chi connectivity index (χ4v) is 4.13. The highest BCUT2D eigenvalue weighted by Gasteiger charge is 2.38. The van der Waals surface area contributed by atoms with Crippen LogP contribution in [0, 0.1) is 23.1 Å². The molecule has 0 atom stereocenters. The topological polar surface area (TPSA) is 103 Å². The number of carbonyl (C=O) groups is 2. The number of nitrogens with zero attached hydrogens (tertiary/aromatic N) is 3. The molecule has 2 aliphatic rings. The Morgan fingerprint density at radius 1 is 1.24 bits per heavy atom. The van der Waals surface area contributed by atoms with Crippen molar-refractivity contribution in [2.75, 3.05) is 13.1 Å². The average Bonchev–Trinajstić information content (AvgIpc) is 3.07. The molecule has 1 amide bonds. The maximum atomic E-state index is 14.6. The lowest BCUT2D eigenvalue weighted by Crippen LogP contribution is -2.51. The van der Waals surface area contributed by atoms with Gasteiger partial charge in [0.05, 0.1) is 28.0 Å². The molecule has 174 valence electrons. The zero-order valence-corrected chi connectivity index (χ0v) is 17.8. The fraction of sp³-hybridized carbons (Fsp3) is 0.182. The zero-order chi connectivity index (χ0) is 24.6. The van der Waals surface area contributed by atoms with Gasteiger partial charge in [-0.15, -0.1) is 0 Å². The number of halogens is 4. The molecule has 34 heavy (non-hydrogen) atoms. The molecule has 2 aromatic rings. The summed E-state index contributed by atoms with van der Waals surface area (Å²) in [6, 6.07) is 7.76. The van der Waals surface area contributed by atoms with Crippen molar-refractivity contribution in [3.8, 4) is 17.6 Å². The summed E-state index contributed by atoms with van der Waals surface area (Å²) in [6.07, 6.45) is -3.45. The second kappa shape index (κ2) is 8.83. The van der Waals surface area contributed by atoms with Crippen molar-refractivity contribution in [1.82, 2.24) is 4.90 Å². The van der Waals surface area contributed by atoms with Crippen molar-refractivity contribution in [3.63, 3.8) is 0 Å². The molecule has 0 saturated carbocycles. The van der Waals surface area contributed by atoms with Crippen LogP contribution in [0.15, 0.2) is 46.3 Å². The van der Waals surface area contributed by atoms with Crippen LogP contribution in [0.5, 0.6) is 11.5 Å². The van der Waals surface area contributed by atoms with E-state index in [4.69, 9.17) is 15.1 Å². The maximum absolute atomic E-state index is 14.6. The third-order valence-corrected chi connectivity index (χ3v) is 6.04. The Kier molecular flexibility index (Phi) is 6.05.